The molecule has 1 aliphatic rings. The van der Waals surface area contributed by atoms with Gasteiger partial charge in [-0.25, -0.2) is 0 Å². The number of carbonyl (C=O) groups excluding carboxylic acids is 1. The highest BCUT2D eigenvalue weighted by atomic mass is 31.2. The Morgan fingerprint density at radius 2 is 1.71 bits per heavy atom. The van der Waals surface area contributed by atoms with E-state index in [1.807, 2.05) is 26.0 Å². The number of rotatable bonds is 5. The molecule has 1 atom stereocenters. The van der Waals surface area contributed by atoms with Crippen LogP contribution in [0.4, 0.5) is 5.69 Å². The molecule has 1 unspecified atom stereocenters. The number of hydrogen-bond acceptors (Lipinski definition) is 2. The third-order valence-corrected chi connectivity index (χ3v) is 11.3. The summed E-state index contributed by atoms with van der Waals surface area (Å²) >= 11 is 0. The molecule has 0 aliphatic carbocycles. The molecule has 1 aromatic carbocycles. The van der Waals surface area contributed by atoms with E-state index >= 15 is 0 Å². The van der Waals surface area contributed by atoms with E-state index in [0.717, 1.165) is 22.6 Å². The van der Waals surface area contributed by atoms with E-state index in [4.69, 9.17) is 4.74 Å². The number of hydrogen-bond donors (Lipinski definition) is 1. The number of aryl methyl sites for hydroxylation is 2. The van der Waals surface area contributed by atoms with E-state index in [2.05, 4.69) is 19.2 Å². The van der Waals surface area contributed by atoms with Crippen LogP contribution in [0.2, 0.25) is 0 Å². The Morgan fingerprint density at radius 1 is 1.17 bits per heavy atom. The lowest BCUT2D eigenvalue weighted by Gasteiger charge is -2.30. The van der Waals surface area contributed by atoms with Gasteiger partial charge in [-0.05, 0) is 76.6 Å². The summed E-state index contributed by atoms with van der Waals surface area (Å²) in [5, 5.41) is 3.24. The van der Waals surface area contributed by atoms with Crippen molar-refractivity contribution in [2.75, 3.05) is 30.9 Å². The highest BCUT2D eigenvalue weighted by Gasteiger charge is 2.45. The quantitative estimate of drug-likeness (QED) is 0.737. The summed E-state index contributed by atoms with van der Waals surface area (Å²) in [4.78, 5) is 13.0. The maximum absolute atomic E-state index is 13.0. The second-order valence-electron chi connectivity index (χ2n) is 7.20. The summed E-state index contributed by atoms with van der Waals surface area (Å²) in [5.74, 6) is 1.06. The number of methoxy groups -OCH3 is 1. The zero-order valence-electron chi connectivity index (χ0n) is 15.9. The van der Waals surface area contributed by atoms with Gasteiger partial charge in [0.05, 0.1) is 25.6 Å². The minimum atomic E-state index is -1.18. The largest absolute Gasteiger partial charge is 0.497 e. The fraction of sp³-hybridized carbons (Fsp3) is 0.650. The van der Waals surface area contributed by atoms with Gasteiger partial charge in [0.15, 0.2) is 0 Å². The second kappa shape index (κ2) is 8.34. The molecule has 134 valence electrons. The molecule has 1 fully saturated rings. The minimum absolute atomic E-state index is 0.154. The van der Waals surface area contributed by atoms with E-state index < -0.39 is 7.26 Å². The van der Waals surface area contributed by atoms with Crippen molar-refractivity contribution in [2.24, 2.45) is 0 Å². The van der Waals surface area contributed by atoms with E-state index in [1.165, 1.54) is 44.2 Å². The van der Waals surface area contributed by atoms with Crippen molar-refractivity contribution in [1.82, 2.24) is 0 Å². The number of ether oxygens (including phenoxy) is 1. The summed E-state index contributed by atoms with van der Waals surface area (Å²) in [6.07, 6.45) is 9.07. The highest BCUT2D eigenvalue weighted by molar-refractivity contribution is 7.77. The Bertz CT molecular complexity index is 554. The minimum Gasteiger partial charge on any atom is -0.497 e. The summed E-state index contributed by atoms with van der Waals surface area (Å²) in [7, 11) is 0.496. The first kappa shape index (κ1) is 19.2. The first-order chi connectivity index (χ1) is 11.4. The molecule has 0 aromatic heterocycles. The van der Waals surface area contributed by atoms with Crippen molar-refractivity contribution >= 4 is 18.9 Å². The molecule has 0 saturated carbocycles. The third kappa shape index (κ3) is 4.11. The molecule has 3 nitrogen and oxygen atoms in total. The zero-order valence-corrected chi connectivity index (χ0v) is 16.8. The standard InChI is InChI=1S/C20H32NO2P/c1-6-24(11-9-7-8-10-12-24)17(4)20(22)21-19-15(2)13-18(23-5)14-16(19)3/h13-14,17H,6-12H2,1-5H3/p+1. The van der Waals surface area contributed by atoms with E-state index in [1.54, 1.807) is 7.11 Å². The molecule has 0 radical (unpaired) electrons. The average Bonchev–Trinajstić information content (AvgIpc) is 2.83. The maximum Gasteiger partial charge on any atom is 0.264 e. The number of benzene rings is 1. The summed E-state index contributed by atoms with van der Waals surface area (Å²) < 4.78 is 5.32. The average molecular weight is 350 g/mol. The second-order valence-corrected chi connectivity index (χ2v) is 11.9. The van der Waals surface area contributed by atoms with Crippen LogP contribution in [0.25, 0.3) is 0 Å². The predicted molar refractivity (Wildman–Crippen MR) is 106 cm³/mol. The van der Waals surface area contributed by atoms with Gasteiger partial charge in [0.25, 0.3) is 5.91 Å². The molecule has 1 N–H and O–H groups in total. The Morgan fingerprint density at radius 3 is 2.17 bits per heavy atom. The van der Waals surface area contributed by atoms with Crippen molar-refractivity contribution in [3.63, 3.8) is 0 Å². The molecular weight excluding hydrogens is 317 g/mol. The van der Waals surface area contributed by atoms with Crippen molar-refractivity contribution in [1.29, 1.82) is 0 Å². The lowest BCUT2D eigenvalue weighted by Crippen LogP contribution is -2.31. The molecule has 1 heterocycles. The third-order valence-electron chi connectivity index (χ3n) is 5.78. The first-order valence-corrected chi connectivity index (χ1v) is 11.7. The molecule has 2 rings (SSSR count). The summed E-state index contributed by atoms with van der Waals surface area (Å²) in [6, 6.07) is 3.98. The van der Waals surface area contributed by atoms with Gasteiger partial charge in [0.2, 0.25) is 0 Å². The fourth-order valence-corrected chi connectivity index (χ4v) is 8.46. The van der Waals surface area contributed by atoms with Gasteiger partial charge in [-0.2, -0.15) is 0 Å². The molecule has 4 heteroatoms. The van der Waals surface area contributed by atoms with Crippen LogP contribution in [0.1, 0.15) is 50.7 Å². The molecule has 1 aliphatic heterocycles. The molecular formula is C20H33NO2P+. The Labute approximate surface area is 147 Å². The van der Waals surface area contributed by atoms with Crippen molar-refractivity contribution in [2.45, 2.75) is 59.0 Å². The highest BCUT2D eigenvalue weighted by Crippen LogP contribution is 2.65. The van der Waals surface area contributed by atoms with Gasteiger partial charge in [-0.3, -0.25) is 4.79 Å². The van der Waals surface area contributed by atoms with Crippen LogP contribution in [-0.2, 0) is 4.79 Å². The number of carbonyl (C=O) groups is 1. The number of anilines is 1. The maximum atomic E-state index is 13.0. The lowest BCUT2D eigenvalue weighted by atomic mass is 10.1. The predicted octanol–water partition coefficient (Wildman–Crippen LogP) is 5.25. The van der Waals surface area contributed by atoms with Crippen molar-refractivity contribution < 1.29 is 9.53 Å². The molecule has 1 saturated heterocycles. The smallest absolute Gasteiger partial charge is 0.264 e. The molecule has 1 amide bonds. The van der Waals surface area contributed by atoms with E-state index in [9.17, 15) is 4.79 Å². The Kier molecular flexibility index (Phi) is 6.69. The number of amides is 1. The molecule has 1 aromatic rings. The topological polar surface area (TPSA) is 38.3 Å². The van der Waals surface area contributed by atoms with Crippen LogP contribution < -0.4 is 10.1 Å². The Hall–Kier alpha value is -1.08. The van der Waals surface area contributed by atoms with E-state index in [-0.39, 0.29) is 11.6 Å². The molecule has 24 heavy (non-hydrogen) atoms. The Balaban J connectivity index is 2.19. The van der Waals surface area contributed by atoms with Gasteiger partial charge in [0, 0.05) is 12.9 Å². The SMILES string of the molecule is CC[P+]1(C(C)C(=O)Nc2c(C)cc(OC)cc2C)CCCCCC1. The molecule has 0 spiro atoms. The van der Waals surface area contributed by atoms with Crippen LogP contribution in [0.15, 0.2) is 12.1 Å². The van der Waals surface area contributed by atoms with Crippen molar-refractivity contribution in [3.8, 4) is 5.75 Å². The first-order valence-electron chi connectivity index (χ1n) is 9.25. The van der Waals surface area contributed by atoms with Crippen LogP contribution in [0.5, 0.6) is 5.75 Å². The summed E-state index contributed by atoms with van der Waals surface area (Å²) in [6.45, 7) is 8.54. The van der Waals surface area contributed by atoms with E-state index in [0.29, 0.717) is 0 Å². The van der Waals surface area contributed by atoms with Crippen LogP contribution in [-0.4, -0.2) is 37.2 Å². The fourth-order valence-electron chi connectivity index (χ4n) is 4.01. The van der Waals surface area contributed by atoms with Crippen LogP contribution in [0.3, 0.4) is 0 Å². The zero-order chi connectivity index (χ0) is 17.7. The van der Waals surface area contributed by atoms with Gasteiger partial charge in [0.1, 0.15) is 11.4 Å². The van der Waals surface area contributed by atoms with Gasteiger partial charge in [-0.1, -0.05) is 0 Å². The lowest BCUT2D eigenvalue weighted by molar-refractivity contribution is -0.115. The monoisotopic (exact) mass is 350 g/mol. The summed E-state index contributed by atoms with van der Waals surface area (Å²) in [5.41, 5.74) is 3.24. The van der Waals surface area contributed by atoms with Crippen molar-refractivity contribution in [3.05, 3.63) is 23.3 Å². The van der Waals surface area contributed by atoms with Crippen LogP contribution >= 0.6 is 7.26 Å². The van der Waals surface area contributed by atoms with Crippen LogP contribution in [0, 0.1) is 13.8 Å². The number of nitrogens with one attached hydrogen (secondary N) is 1. The van der Waals surface area contributed by atoms with Gasteiger partial charge >= 0.3 is 0 Å². The molecule has 0 bridgehead atoms. The van der Waals surface area contributed by atoms with Gasteiger partial charge < -0.3 is 10.1 Å². The van der Waals surface area contributed by atoms with Gasteiger partial charge in [-0.15, -0.1) is 0 Å². The normalized spacial score (nSPS) is 18.5.